The van der Waals surface area contributed by atoms with Crippen molar-refractivity contribution in [2.45, 2.75) is 31.5 Å². The van der Waals surface area contributed by atoms with Crippen molar-refractivity contribution in [3.63, 3.8) is 0 Å². The Morgan fingerprint density at radius 2 is 1.85 bits per heavy atom. The van der Waals surface area contributed by atoms with Crippen LogP contribution in [0, 0.1) is 0 Å². The molecule has 0 amide bonds. The Hall–Kier alpha value is -1.46. The fourth-order valence-corrected chi connectivity index (χ4v) is 3.33. The lowest BCUT2D eigenvalue weighted by Crippen LogP contribution is -2.42. The number of hydrogen-bond donors (Lipinski definition) is 1. The highest BCUT2D eigenvalue weighted by atomic mass is 35.5. The van der Waals surface area contributed by atoms with Crippen molar-refractivity contribution < 1.29 is 14.2 Å². The van der Waals surface area contributed by atoms with Crippen molar-refractivity contribution in [3.8, 4) is 11.5 Å². The van der Waals surface area contributed by atoms with Gasteiger partial charge in [0.25, 0.3) is 0 Å². The van der Waals surface area contributed by atoms with Crippen molar-refractivity contribution in [2.24, 2.45) is 0 Å². The van der Waals surface area contributed by atoms with Crippen LogP contribution in [0.5, 0.6) is 11.5 Å². The summed E-state index contributed by atoms with van der Waals surface area (Å²) in [6.07, 6.45) is 2.84. The molecule has 1 fully saturated rings. The molecule has 1 aliphatic rings. The average molecular weight is 396 g/mol. The zero-order chi connectivity index (χ0) is 18.4. The number of methoxy groups -OCH3 is 1. The molecule has 2 atom stereocenters. The Bertz CT molecular complexity index is 709. The third-order valence-corrected chi connectivity index (χ3v) is 4.84. The fourth-order valence-electron chi connectivity index (χ4n) is 3.04. The summed E-state index contributed by atoms with van der Waals surface area (Å²) >= 11 is 12.0. The monoisotopic (exact) mass is 395 g/mol. The molecule has 1 saturated heterocycles. The van der Waals surface area contributed by atoms with Gasteiger partial charge in [0, 0.05) is 28.8 Å². The van der Waals surface area contributed by atoms with E-state index < -0.39 is 0 Å². The van der Waals surface area contributed by atoms with Gasteiger partial charge in [-0.25, -0.2) is 0 Å². The molecule has 1 heterocycles. The third kappa shape index (κ3) is 5.52. The van der Waals surface area contributed by atoms with Gasteiger partial charge >= 0.3 is 0 Å². The highest BCUT2D eigenvalue weighted by Crippen LogP contribution is 2.30. The molecular formula is C20H23Cl2NO3. The summed E-state index contributed by atoms with van der Waals surface area (Å²) in [5.74, 6) is 1.27. The van der Waals surface area contributed by atoms with E-state index in [4.69, 9.17) is 37.4 Å². The molecule has 140 valence electrons. The summed E-state index contributed by atoms with van der Waals surface area (Å²) in [7, 11) is 1.60. The molecule has 1 aliphatic heterocycles. The topological polar surface area (TPSA) is 39.7 Å². The van der Waals surface area contributed by atoms with E-state index in [-0.39, 0.29) is 6.23 Å². The summed E-state index contributed by atoms with van der Waals surface area (Å²) in [5, 5.41) is 4.92. The van der Waals surface area contributed by atoms with E-state index in [1.807, 2.05) is 18.2 Å². The van der Waals surface area contributed by atoms with Crippen LogP contribution in [0.2, 0.25) is 10.0 Å². The van der Waals surface area contributed by atoms with Crippen molar-refractivity contribution >= 4 is 23.2 Å². The SMILES string of the molecule is COc1cc(Cl)ccc1OCC1NC(Cc2ccc(Cl)cc2)CCCO1. The first-order valence-electron chi connectivity index (χ1n) is 8.72. The quantitative estimate of drug-likeness (QED) is 0.767. The number of rotatable bonds is 6. The molecule has 0 radical (unpaired) electrons. The van der Waals surface area contributed by atoms with Gasteiger partial charge in [0.2, 0.25) is 0 Å². The lowest BCUT2D eigenvalue weighted by Gasteiger charge is -2.23. The van der Waals surface area contributed by atoms with Crippen molar-refractivity contribution in [2.75, 3.05) is 20.3 Å². The number of hydrogen-bond acceptors (Lipinski definition) is 4. The highest BCUT2D eigenvalue weighted by Gasteiger charge is 2.21. The van der Waals surface area contributed by atoms with Gasteiger partial charge in [-0.05, 0) is 49.1 Å². The molecule has 2 aromatic carbocycles. The van der Waals surface area contributed by atoms with Crippen LogP contribution < -0.4 is 14.8 Å². The molecule has 4 nitrogen and oxygen atoms in total. The summed E-state index contributed by atoms with van der Waals surface area (Å²) in [4.78, 5) is 0. The van der Waals surface area contributed by atoms with Gasteiger partial charge in [-0.1, -0.05) is 35.3 Å². The summed E-state index contributed by atoms with van der Waals surface area (Å²) in [5.41, 5.74) is 1.26. The van der Waals surface area contributed by atoms with Gasteiger partial charge in [-0.2, -0.15) is 0 Å². The summed E-state index contributed by atoms with van der Waals surface area (Å²) in [6, 6.07) is 13.7. The van der Waals surface area contributed by atoms with Crippen molar-refractivity contribution in [1.82, 2.24) is 5.32 Å². The summed E-state index contributed by atoms with van der Waals surface area (Å²) in [6.45, 7) is 1.12. The first kappa shape index (κ1) is 19.3. The number of benzene rings is 2. The Morgan fingerprint density at radius 3 is 2.62 bits per heavy atom. The lowest BCUT2D eigenvalue weighted by atomic mass is 10.0. The molecule has 2 aromatic rings. The van der Waals surface area contributed by atoms with Crippen LogP contribution in [0.3, 0.4) is 0 Å². The summed E-state index contributed by atoms with van der Waals surface area (Å²) < 4.78 is 17.1. The Labute approximate surface area is 164 Å². The van der Waals surface area contributed by atoms with Crippen molar-refractivity contribution in [3.05, 3.63) is 58.1 Å². The molecule has 1 N–H and O–H groups in total. The first-order valence-corrected chi connectivity index (χ1v) is 9.48. The van der Waals surface area contributed by atoms with E-state index in [1.54, 1.807) is 19.2 Å². The molecule has 3 rings (SSSR count). The molecule has 0 spiro atoms. The lowest BCUT2D eigenvalue weighted by molar-refractivity contribution is 0.00525. The van der Waals surface area contributed by atoms with Crippen LogP contribution >= 0.6 is 23.2 Å². The standard InChI is InChI=1S/C20H23Cl2NO3/c1-24-19-12-16(22)8-9-18(19)26-13-20-23-17(3-2-10-25-20)11-14-4-6-15(21)7-5-14/h4-9,12,17,20,23H,2-3,10-11,13H2,1H3. The van der Waals surface area contributed by atoms with E-state index in [9.17, 15) is 0 Å². The maximum Gasteiger partial charge on any atom is 0.162 e. The van der Waals surface area contributed by atoms with E-state index in [1.165, 1.54) is 5.56 Å². The predicted octanol–water partition coefficient (Wildman–Crippen LogP) is 4.72. The molecule has 26 heavy (non-hydrogen) atoms. The van der Waals surface area contributed by atoms with Gasteiger partial charge in [-0.3, -0.25) is 5.32 Å². The minimum absolute atomic E-state index is 0.171. The largest absolute Gasteiger partial charge is 0.493 e. The van der Waals surface area contributed by atoms with Crippen LogP contribution in [-0.4, -0.2) is 32.6 Å². The second-order valence-electron chi connectivity index (χ2n) is 6.30. The number of nitrogens with one attached hydrogen (secondary N) is 1. The number of halogens is 2. The zero-order valence-electron chi connectivity index (χ0n) is 14.7. The van der Waals surface area contributed by atoms with Crippen LogP contribution in [-0.2, 0) is 11.2 Å². The first-order chi connectivity index (χ1) is 12.6. The third-order valence-electron chi connectivity index (χ3n) is 4.35. The second-order valence-corrected chi connectivity index (χ2v) is 7.17. The van der Waals surface area contributed by atoms with Crippen LogP contribution in [0.25, 0.3) is 0 Å². The molecule has 0 bridgehead atoms. The van der Waals surface area contributed by atoms with Crippen molar-refractivity contribution in [1.29, 1.82) is 0 Å². The molecule has 0 aromatic heterocycles. The molecule has 2 unspecified atom stereocenters. The Morgan fingerprint density at radius 1 is 1.08 bits per heavy atom. The molecule has 0 aliphatic carbocycles. The average Bonchev–Trinajstić information content (AvgIpc) is 2.87. The van der Waals surface area contributed by atoms with E-state index >= 15 is 0 Å². The number of ether oxygens (including phenoxy) is 3. The predicted molar refractivity (Wildman–Crippen MR) is 105 cm³/mol. The van der Waals surface area contributed by atoms with Crippen LogP contribution in [0.15, 0.2) is 42.5 Å². The van der Waals surface area contributed by atoms with Crippen LogP contribution in [0.4, 0.5) is 0 Å². The zero-order valence-corrected chi connectivity index (χ0v) is 16.2. The van der Waals surface area contributed by atoms with E-state index in [2.05, 4.69) is 17.4 Å². The van der Waals surface area contributed by atoms with Crippen LogP contribution in [0.1, 0.15) is 18.4 Å². The minimum atomic E-state index is -0.171. The highest BCUT2D eigenvalue weighted by molar-refractivity contribution is 6.31. The van der Waals surface area contributed by atoms with Gasteiger partial charge in [0.1, 0.15) is 12.8 Å². The Balaban J connectivity index is 1.58. The van der Waals surface area contributed by atoms with Gasteiger partial charge in [0.15, 0.2) is 11.5 Å². The molecular weight excluding hydrogens is 373 g/mol. The Kier molecular flexibility index (Phi) is 7.03. The smallest absolute Gasteiger partial charge is 0.162 e. The van der Waals surface area contributed by atoms with Gasteiger partial charge in [0.05, 0.1) is 7.11 Å². The van der Waals surface area contributed by atoms with E-state index in [0.29, 0.717) is 29.2 Å². The van der Waals surface area contributed by atoms with Gasteiger partial charge < -0.3 is 14.2 Å². The fraction of sp³-hybridized carbons (Fsp3) is 0.400. The second kappa shape index (κ2) is 9.47. The minimum Gasteiger partial charge on any atom is -0.493 e. The van der Waals surface area contributed by atoms with E-state index in [0.717, 1.165) is 30.9 Å². The normalized spacial score (nSPS) is 20.4. The maximum atomic E-state index is 5.99. The molecule has 6 heteroatoms. The van der Waals surface area contributed by atoms with Gasteiger partial charge in [-0.15, -0.1) is 0 Å². The molecule has 0 saturated carbocycles. The maximum absolute atomic E-state index is 5.99.